The first-order valence-corrected chi connectivity index (χ1v) is 5.86. The molecule has 0 saturated carbocycles. The van der Waals surface area contributed by atoms with E-state index >= 15 is 0 Å². The molecule has 0 radical (unpaired) electrons. The van der Waals surface area contributed by atoms with E-state index in [4.69, 9.17) is 4.74 Å². The van der Waals surface area contributed by atoms with Gasteiger partial charge in [0, 0.05) is 13.2 Å². The van der Waals surface area contributed by atoms with Crippen LogP contribution in [0.3, 0.4) is 0 Å². The number of methoxy groups -OCH3 is 1. The monoisotopic (exact) mass is 247 g/mol. The van der Waals surface area contributed by atoms with E-state index in [0.29, 0.717) is 13.2 Å². The summed E-state index contributed by atoms with van der Waals surface area (Å²) in [6, 6.07) is 10.1. The Kier molecular flexibility index (Phi) is 4.38. The number of nitrogens with zero attached hydrogens (tertiary/aromatic N) is 4. The molecule has 2 aromatic rings. The standard InChI is InChI=1S/C12H17N5O/c1-10(9-18-2)13-8-12-14-15-16-17(12)11-6-4-3-5-7-11/h3-7,10,13H,8-9H2,1-2H3. The van der Waals surface area contributed by atoms with E-state index in [1.807, 2.05) is 30.3 Å². The molecule has 0 aliphatic rings. The minimum Gasteiger partial charge on any atom is -0.383 e. The van der Waals surface area contributed by atoms with Crippen molar-refractivity contribution in [2.75, 3.05) is 13.7 Å². The van der Waals surface area contributed by atoms with Gasteiger partial charge in [0.2, 0.25) is 0 Å². The number of para-hydroxylation sites is 1. The Bertz CT molecular complexity index is 470. The summed E-state index contributed by atoms with van der Waals surface area (Å²) < 4.78 is 6.80. The average molecular weight is 247 g/mol. The van der Waals surface area contributed by atoms with E-state index in [2.05, 4.69) is 27.8 Å². The van der Waals surface area contributed by atoms with Gasteiger partial charge in [-0.15, -0.1) is 5.10 Å². The fourth-order valence-electron chi connectivity index (χ4n) is 1.66. The number of aromatic nitrogens is 4. The van der Waals surface area contributed by atoms with E-state index < -0.39 is 0 Å². The second kappa shape index (κ2) is 6.23. The third kappa shape index (κ3) is 3.12. The summed E-state index contributed by atoms with van der Waals surface area (Å²) >= 11 is 0. The molecule has 6 heteroatoms. The Morgan fingerprint density at radius 1 is 1.33 bits per heavy atom. The van der Waals surface area contributed by atoms with Gasteiger partial charge in [-0.2, -0.15) is 4.68 Å². The van der Waals surface area contributed by atoms with E-state index in [1.165, 1.54) is 0 Å². The summed E-state index contributed by atoms with van der Waals surface area (Å²) in [7, 11) is 1.69. The van der Waals surface area contributed by atoms with Crippen LogP contribution in [0.15, 0.2) is 30.3 Å². The first-order chi connectivity index (χ1) is 8.81. The number of tetrazole rings is 1. The second-order valence-corrected chi connectivity index (χ2v) is 4.08. The number of benzene rings is 1. The number of ether oxygens (including phenoxy) is 1. The van der Waals surface area contributed by atoms with E-state index in [-0.39, 0.29) is 6.04 Å². The van der Waals surface area contributed by atoms with E-state index in [9.17, 15) is 0 Å². The molecule has 0 amide bonds. The minimum atomic E-state index is 0.260. The Morgan fingerprint density at radius 3 is 2.83 bits per heavy atom. The maximum Gasteiger partial charge on any atom is 0.170 e. The second-order valence-electron chi connectivity index (χ2n) is 4.08. The summed E-state index contributed by atoms with van der Waals surface area (Å²) in [5.41, 5.74) is 0.957. The predicted molar refractivity (Wildman–Crippen MR) is 67.3 cm³/mol. The quantitative estimate of drug-likeness (QED) is 0.817. The molecule has 1 heterocycles. The van der Waals surface area contributed by atoms with Gasteiger partial charge >= 0.3 is 0 Å². The molecule has 1 aromatic heterocycles. The van der Waals surface area contributed by atoms with Crippen molar-refractivity contribution in [3.8, 4) is 5.69 Å². The van der Waals surface area contributed by atoms with Crippen molar-refractivity contribution in [1.82, 2.24) is 25.5 Å². The van der Waals surface area contributed by atoms with Crippen LogP contribution in [0.2, 0.25) is 0 Å². The lowest BCUT2D eigenvalue weighted by molar-refractivity contribution is 0.171. The van der Waals surface area contributed by atoms with E-state index in [1.54, 1.807) is 11.8 Å². The third-order valence-electron chi connectivity index (χ3n) is 2.56. The van der Waals surface area contributed by atoms with Crippen molar-refractivity contribution in [2.24, 2.45) is 0 Å². The van der Waals surface area contributed by atoms with Crippen molar-refractivity contribution in [1.29, 1.82) is 0 Å². The molecule has 0 fully saturated rings. The van der Waals surface area contributed by atoms with Gasteiger partial charge in [0.15, 0.2) is 5.82 Å². The molecule has 0 aliphatic heterocycles. The normalized spacial score (nSPS) is 12.6. The Hall–Kier alpha value is -1.79. The largest absolute Gasteiger partial charge is 0.383 e. The van der Waals surface area contributed by atoms with Crippen LogP contribution in [0, 0.1) is 0 Å². The van der Waals surface area contributed by atoms with Crippen molar-refractivity contribution < 1.29 is 4.74 Å². The molecule has 1 unspecified atom stereocenters. The van der Waals surface area contributed by atoms with Gasteiger partial charge in [-0.05, 0) is 29.5 Å². The van der Waals surface area contributed by atoms with Crippen molar-refractivity contribution in [3.63, 3.8) is 0 Å². The molecule has 0 spiro atoms. The lowest BCUT2D eigenvalue weighted by Gasteiger charge is -2.12. The summed E-state index contributed by atoms with van der Waals surface area (Å²) in [6.45, 7) is 3.32. The molecule has 96 valence electrons. The van der Waals surface area contributed by atoms with Crippen LogP contribution in [0.25, 0.3) is 5.69 Å². The molecule has 6 nitrogen and oxygen atoms in total. The van der Waals surface area contributed by atoms with Crippen LogP contribution in [-0.2, 0) is 11.3 Å². The molecule has 1 N–H and O–H groups in total. The zero-order valence-electron chi connectivity index (χ0n) is 10.6. The zero-order valence-corrected chi connectivity index (χ0v) is 10.6. The summed E-state index contributed by atoms with van der Waals surface area (Å²) in [6.07, 6.45) is 0. The summed E-state index contributed by atoms with van der Waals surface area (Å²) in [5, 5.41) is 15.0. The summed E-state index contributed by atoms with van der Waals surface area (Å²) in [5.74, 6) is 0.782. The number of nitrogens with one attached hydrogen (secondary N) is 1. The Labute approximate surface area is 106 Å². The van der Waals surface area contributed by atoms with Crippen LogP contribution < -0.4 is 5.32 Å². The Balaban J connectivity index is 2.05. The Morgan fingerprint density at radius 2 is 2.11 bits per heavy atom. The van der Waals surface area contributed by atoms with Crippen molar-refractivity contribution in [3.05, 3.63) is 36.2 Å². The van der Waals surface area contributed by atoms with E-state index in [0.717, 1.165) is 11.5 Å². The molecule has 0 bridgehead atoms. The highest BCUT2D eigenvalue weighted by molar-refractivity contribution is 5.30. The molecule has 1 atom stereocenters. The van der Waals surface area contributed by atoms with Crippen molar-refractivity contribution in [2.45, 2.75) is 19.5 Å². The first kappa shape index (κ1) is 12.7. The SMILES string of the molecule is COCC(C)NCc1nnnn1-c1ccccc1. The van der Waals surface area contributed by atoms with Crippen molar-refractivity contribution >= 4 is 0 Å². The maximum absolute atomic E-state index is 5.07. The number of hydrogen-bond donors (Lipinski definition) is 1. The highest BCUT2D eigenvalue weighted by Crippen LogP contribution is 2.06. The number of hydrogen-bond acceptors (Lipinski definition) is 5. The van der Waals surface area contributed by atoms with Gasteiger partial charge in [0.05, 0.1) is 18.8 Å². The van der Waals surface area contributed by atoms with Crippen LogP contribution in [-0.4, -0.2) is 40.0 Å². The van der Waals surface area contributed by atoms with Gasteiger partial charge in [0.25, 0.3) is 0 Å². The molecule has 2 rings (SSSR count). The van der Waals surface area contributed by atoms with Gasteiger partial charge in [0.1, 0.15) is 0 Å². The summed E-state index contributed by atoms with van der Waals surface area (Å²) in [4.78, 5) is 0. The lowest BCUT2D eigenvalue weighted by atomic mass is 10.3. The minimum absolute atomic E-state index is 0.260. The topological polar surface area (TPSA) is 64.9 Å². The van der Waals surface area contributed by atoms with Crippen LogP contribution in [0.4, 0.5) is 0 Å². The molecule has 18 heavy (non-hydrogen) atoms. The fourth-order valence-corrected chi connectivity index (χ4v) is 1.66. The lowest BCUT2D eigenvalue weighted by Crippen LogP contribution is -2.30. The van der Waals surface area contributed by atoms with Crippen LogP contribution in [0.5, 0.6) is 0 Å². The molecular formula is C12H17N5O. The molecule has 0 saturated heterocycles. The highest BCUT2D eigenvalue weighted by Gasteiger charge is 2.09. The van der Waals surface area contributed by atoms with Gasteiger partial charge in [-0.25, -0.2) is 0 Å². The average Bonchev–Trinajstić information content (AvgIpc) is 2.86. The van der Waals surface area contributed by atoms with Gasteiger partial charge in [-0.3, -0.25) is 0 Å². The highest BCUT2D eigenvalue weighted by atomic mass is 16.5. The van der Waals surface area contributed by atoms with Gasteiger partial charge in [-0.1, -0.05) is 18.2 Å². The third-order valence-corrected chi connectivity index (χ3v) is 2.56. The molecule has 1 aromatic carbocycles. The molecular weight excluding hydrogens is 230 g/mol. The molecule has 0 aliphatic carbocycles. The smallest absolute Gasteiger partial charge is 0.170 e. The number of rotatable bonds is 6. The van der Waals surface area contributed by atoms with Crippen LogP contribution in [0.1, 0.15) is 12.7 Å². The van der Waals surface area contributed by atoms with Crippen LogP contribution >= 0.6 is 0 Å². The first-order valence-electron chi connectivity index (χ1n) is 5.86. The fraction of sp³-hybridized carbons (Fsp3) is 0.417. The van der Waals surface area contributed by atoms with Gasteiger partial charge < -0.3 is 10.1 Å². The zero-order chi connectivity index (χ0) is 12.8. The predicted octanol–water partition coefficient (Wildman–Crippen LogP) is 0.787. The maximum atomic E-state index is 5.07.